The lowest BCUT2D eigenvalue weighted by Gasteiger charge is -2.37. The predicted molar refractivity (Wildman–Crippen MR) is 82.1 cm³/mol. The van der Waals surface area contributed by atoms with Gasteiger partial charge in [0.15, 0.2) is 0 Å². The quantitative estimate of drug-likeness (QED) is 0.805. The summed E-state index contributed by atoms with van der Waals surface area (Å²) >= 11 is 1.68. The van der Waals surface area contributed by atoms with Crippen molar-refractivity contribution in [2.75, 3.05) is 38.0 Å². The van der Waals surface area contributed by atoms with Crippen LogP contribution in [0.15, 0.2) is 23.1 Å². The number of nitrogens with zero attached hydrogens (tertiary/aromatic N) is 1. The van der Waals surface area contributed by atoms with Crippen LogP contribution in [0.2, 0.25) is 0 Å². The molecule has 1 fully saturated rings. The second kappa shape index (κ2) is 6.97. The zero-order valence-electron chi connectivity index (χ0n) is 11.9. The van der Waals surface area contributed by atoms with Crippen molar-refractivity contribution in [3.63, 3.8) is 0 Å². The predicted octanol–water partition coefficient (Wildman–Crippen LogP) is 0.818. The normalized spacial score (nSPS) is 18.9. The highest BCUT2D eigenvalue weighted by Crippen LogP contribution is 2.31. The van der Waals surface area contributed by atoms with Crippen LogP contribution in [-0.4, -0.2) is 45.0 Å². The first-order valence-corrected chi connectivity index (χ1v) is 7.87. The Labute approximate surface area is 123 Å². The van der Waals surface area contributed by atoms with Crippen LogP contribution in [0.3, 0.4) is 0 Å². The van der Waals surface area contributed by atoms with Gasteiger partial charge in [0.05, 0.1) is 13.2 Å². The topological polar surface area (TPSA) is 67.6 Å². The van der Waals surface area contributed by atoms with E-state index in [1.54, 1.807) is 18.8 Å². The van der Waals surface area contributed by atoms with Crippen LogP contribution in [0.25, 0.3) is 0 Å². The zero-order valence-corrected chi connectivity index (χ0v) is 12.7. The molecule has 1 heterocycles. The summed E-state index contributed by atoms with van der Waals surface area (Å²) in [6, 6.07) is 5.81. The molecule has 0 aromatic heterocycles. The molecule has 0 aliphatic carbocycles. The summed E-state index contributed by atoms with van der Waals surface area (Å²) in [4.78, 5) is 15.3. The van der Waals surface area contributed by atoms with Gasteiger partial charge in [0.1, 0.15) is 6.04 Å². The van der Waals surface area contributed by atoms with E-state index in [4.69, 9.17) is 10.5 Å². The second-order valence-corrected chi connectivity index (χ2v) is 5.41. The van der Waals surface area contributed by atoms with Crippen molar-refractivity contribution in [3.8, 4) is 0 Å². The van der Waals surface area contributed by atoms with Crippen molar-refractivity contribution < 1.29 is 9.53 Å². The van der Waals surface area contributed by atoms with E-state index < -0.39 is 0 Å². The molecule has 1 aromatic carbocycles. The molecule has 1 aliphatic rings. The van der Waals surface area contributed by atoms with E-state index >= 15 is 0 Å². The first-order chi connectivity index (χ1) is 9.72. The van der Waals surface area contributed by atoms with Crippen LogP contribution in [0.1, 0.15) is 5.56 Å². The van der Waals surface area contributed by atoms with Gasteiger partial charge in [-0.3, -0.25) is 4.79 Å². The Morgan fingerprint density at radius 3 is 3.05 bits per heavy atom. The number of thioether (sulfide) groups is 1. The van der Waals surface area contributed by atoms with Gasteiger partial charge in [-0.15, -0.1) is 11.8 Å². The van der Waals surface area contributed by atoms with Gasteiger partial charge in [-0.2, -0.15) is 0 Å². The van der Waals surface area contributed by atoms with E-state index in [0.717, 1.165) is 16.1 Å². The van der Waals surface area contributed by atoms with Crippen molar-refractivity contribution >= 4 is 23.4 Å². The Balaban J connectivity index is 2.39. The number of carbonyl (C=O) groups is 1. The monoisotopic (exact) mass is 295 g/mol. The number of nitrogens with one attached hydrogen (secondary N) is 1. The van der Waals surface area contributed by atoms with E-state index in [9.17, 15) is 4.79 Å². The number of nitrogens with two attached hydrogens (primary N) is 1. The van der Waals surface area contributed by atoms with E-state index in [1.165, 1.54) is 0 Å². The van der Waals surface area contributed by atoms with E-state index in [2.05, 4.69) is 16.3 Å². The minimum atomic E-state index is -0.295. The summed E-state index contributed by atoms with van der Waals surface area (Å²) in [7, 11) is 1.65. The van der Waals surface area contributed by atoms with Gasteiger partial charge in [-0.25, -0.2) is 0 Å². The van der Waals surface area contributed by atoms with E-state index in [-0.39, 0.29) is 11.9 Å². The number of carbonyl (C=O) groups excluding carboxylic acids is 1. The largest absolute Gasteiger partial charge is 0.377 e. The average molecular weight is 295 g/mol. The molecule has 1 unspecified atom stereocenters. The zero-order chi connectivity index (χ0) is 14.5. The van der Waals surface area contributed by atoms with Gasteiger partial charge in [0.25, 0.3) is 0 Å². The number of morpholine rings is 1. The maximum atomic E-state index is 12.0. The van der Waals surface area contributed by atoms with Crippen LogP contribution < -0.4 is 16.0 Å². The third kappa shape index (κ3) is 2.92. The molecular formula is C14H21N3O2S. The number of amides is 1. The summed E-state index contributed by atoms with van der Waals surface area (Å²) < 4.78 is 5.45. The molecule has 3 N–H and O–H groups in total. The lowest BCUT2D eigenvalue weighted by molar-refractivity contribution is -0.124. The summed E-state index contributed by atoms with van der Waals surface area (Å²) in [6.45, 7) is 2.20. The maximum absolute atomic E-state index is 12.0. The van der Waals surface area contributed by atoms with Gasteiger partial charge in [0.2, 0.25) is 5.91 Å². The third-order valence-corrected chi connectivity index (χ3v) is 4.34. The second-order valence-electron chi connectivity index (χ2n) is 4.56. The number of ether oxygens (including phenoxy) is 1. The Morgan fingerprint density at radius 1 is 1.60 bits per heavy atom. The summed E-state index contributed by atoms with van der Waals surface area (Å²) in [5.41, 5.74) is 8.05. The van der Waals surface area contributed by atoms with Crippen LogP contribution in [-0.2, 0) is 16.1 Å². The lowest BCUT2D eigenvalue weighted by atomic mass is 10.1. The highest BCUT2D eigenvalue weighted by Gasteiger charge is 2.30. The molecule has 20 heavy (non-hydrogen) atoms. The average Bonchev–Trinajstić information content (AvgIpc) is 2.53. The van der Waals surface area contributed by atoms with Gasteiger partial charge < -0.3 is 20.7 Å². The maximum Gasteiger partial charge on any atom is 0.244 e. The summed E-state index contributed by atoms with van der Waals surface area (Å²) in [5.74, 6) is -0.0257. The number of likely N-dealkylation sites (N-methyl/N-ethyl adjacent to an activating group) is 1. The summed E-state index contributed by atoms with van der Waals surface area (Å²) in [5, 5.41) is 2.70. The van der Waals surface area contributed by atoms with Crippen molar-refractivity contribution in [2.24, 2.45) is 5.73 Å². The van der Waals surface area contributed by atoms with Gasteiger partial charge >= 0.3 is 0 Å². The molecule has 1 amide bonds. The van der Waals surface area contributed by atoms with Crippen molar-refractivity contribution in [2.45, 2.75) is 17.5 Å². The highest BCUT2D eigenvalue weighted by atomic mass is 32.2. The van der Waals surface area contributed by atoms with Crippen molar-refractivity contribution in [3.05, 3.63) is 23.8 Å². The van der Waals surface area contributed by atoms with E-state index in [0.29, 0.717) is 26.3 Å². The number of hydrogen-bond donors (Lipinski definition) is 2. The minimum absolute atomic E-state index is 0.0257. The molecule has 0 saturated carbocycles. The molecule has 0 bridgehead atoms. The number of rotatable bonds is 4. The van der Waals surface area contributed by atoms with Crippen molar-refractivity contribution in [1.82, 2.24) is 5.32 Å². The summed E-state index contributed by atoms with van der Waals surface area (Å²) in [6.07, 6.45) is 2.04. The molecule has 5 nitrogen and oxygen atoms in total. The fourth-order valence-electron chi connectivity index (χ4n) is 2.50. The van der Waals surface area contributed by atoms with Gasteiger partial charge in [-0.05, 0) is 18.4 Å². The number of hydrogen-bond acceptors (Lipinski definition) is 5. The third-order valence-electron chi connectivity index (χ3n) is 3.52. The highest BCUT2D eigenvalue weighted by molar-refractivity contribution is 7.98. The van der Waals surface area contributed by atoms with Crippen LogP contribution in [0.5, 0.6) is 0 Å². The van der Waals surface area contributed by atoms with Gasteiger partial charge in [0, 0.05) is 36.3 Å². The molecular weight excluding hydrogens is 274 g/mol. The van der Waals surface area contributed by atoms with Crippen LogP contribution in [0.4, 0.5) is 5.69 Å². The Hall–Kier alpha value is -1.24. The first kappa shape index (κ1) is 15.2. The fourth-order valence-corrected chi connectivity index (χ4v) is 3.14. The Morgan fingerprint density at radius 2 is 2.40 bits per heavy atom. The minimum Gasteiger partial charge on any atom is -0.377 e. The number of benzene rings is 1. The fraction of sp³-hybridized carbons (Fsp3) is 0.500. The molecule has 2 rings (SSSR count). The van der Waals surface area contributed by atoms with Crippen LogP contribution >= 0.6 is 11.8 Å². The molecule has 0 radical (unpaired) electrons. The first-order valence-electron chi connectivity index (χ1n) is 6.64. The Bertz CT molecular complexity index is 481. The molecule has 1 saturated heterocycles. The van der Waals surface area contributed by atoms with Gasteiger partial charge in [-0.1, -0.05) is 6.07 Å². The van der Waals surface area contributed by atoms with Crippen molar-refractivity contribution in [1.29, 1.82) is 0 Å². The van der Waals surface area contributed by atoms with Crippen LogP contribution in [0, 0.1) is 0 Å². The lowest BCUT2D eigenvalue weighted by Crippen LogP contribution is -2.53. The molecule has 6 heteroatoms. The smallest absolute Gasteiger partial charge is 0.244 e. The van der Waals surface area contributed by atoms with E-state index in [1.807, 2.05) is 18.4 Å². The molecule has 1 aliphatic heterocycles. The molecule has 1 aromatic rings. The molecule has 1 atom stereocenters. The molecule has 110 valence electrons. The standard InChI is InChI=1S/C14H21N3O2S/c1-16-14(18)12-9-19-7-6-17(12)11-4-3-5-13(20-2)10(11)8-15/h3-5,12H,6-9,15H2,1-2H3,(H,16,18). The number of anilines is 1. The Kier molecular flexibility index (Phi) is 5.28. The molecule has 0 spiro atoms. The SMILES string of the molecule is CNC(=O)C1COCCN1c1cccc(SC)c1CN.